The van der Waals surface area contributed by atoms with E-state index in [9.17, 15) is 4.79 Å². The molecule has 1 unspecified atom stereocenters. The third-order valence-electron chi connectivity index (χ3n) is 3.65. The third-order valence-corrected chi connectivity index (χ3v) is 3.90. The molecule has 0 aliphatic carbocycles. The van der Waals surface area contributed by atoms with E-state index in [0.717, 1.165) is 16.8 Å². The van der Waals surface area contributed by atoms with Gasteiger partial charge in [-0.1, -0.05) is 59.6 Å². The molecule has 1 aliphatic rings. The molecule has 0 fully saturated rings. The van der Waals surface area contributed by atoms with E-state index >= 15 is 0 Å². The average Bonchev–Trinajstić information content (AvgIpc) is 2.54. The highest BCUT2D eigenvalue weighted by Crippen LogP contribution is 2.21. The molecule has 2 N–H and O–H groups in total. The van der Waals surface area contributed by atoms with Gasteiger partial charge in [-0.15, -0.1) is 0 Å². The molecule has 0 aromatic heterocycles. The fraction of sp³-hybridized carbons (Fsp3) is 0.105. The Morgan fingerprint density at radius 2 is 1.70 bits per heavy atom. The van der Waals surface area contributed by atoms with Gasteiger partial charge in [0.1, 0.15) is 0 Å². The van der Waals surface area contributed by atoms with Crippen molar-refractivity contribution in [1.29, 1.82) is 0 Å². The summed E-state index contributed by atoms with van der Waals surface area (Å²) in [7, 11) is 0. The summed E-state index contributed by atoms with van der Waals surface area (Å²) in [6, 6.07) is 15.3. The highest BCUT2D eigenvalue weighted by atomic mass is 35.5. The molecule has 0 saturated carbocycles. The van der Waals surface area contributed by atoms with Gasteiger partial charge in [-0.25, -0.2) is 4.79 Å². The van der Waals surface area contributed by atoms with E-state index in [2.05, 4.69) is 29.7 Å². The monoisotopic (exact) mass is 324 g/mol. The summed E-state index contributed by atoms with van der Waals surface area (Å²) in [4.78, 5) is 11.9. The van der Waals surface area contributed by atoms with E-state index in [0.29, 0.717) is 5.02 Å². The Morgan fingerprint density at radius 3 is 2.39 bits per heavy atom. The lowest BCUT2D eigenvalue weighted by Gasteiger charge is -2.22. The largest absolute Gasteiger partial charge is 0.327 e. The molecule has 1 atom stereocenters. The molecular weight excluding hydrogens is 308 g/mol. The standard InChI is InChI=1S/C19H17ClN2O/c1-13-2-4-14(5-3-13)6-11-17-12-18(22-19(23)21-17)15-7-9-16(20)10-8-15/h2-12,18H,1H3,(H2,21,22,23)/b11-6+. The lowest BCUT2D eigenvalue weighted by molar-refractivity contribution is 0.240. The molecule has 0 spiro atoms. The van der Waals surface area contributed by atoms with E-state index in [4.69, 9.17) is 11.6 Å². The number of aryl methyl sites for hydroxylation is 1. The predicted octanol–water partition coefficient (Wildman–Crippen LogP) is 4.60. The zero-order chi connectivity index (χ0) is 16.2. The molecule has 0 bridgehead atoms. The number of hydrogen-bond acceptors (Lipinski definition) is 1. The Labute approximate surface area is 140 Å². The number of carbonyl (C=O) groups is 1. The summed E-state index contributed by atoms with van der Waals surface area (Å²) in [6.45, 7) is 2.06. The maximum absolute atomic E-state index is 11.9. The number of hydrogen-bond donors (Lipinski definition) is 2. The fourth-order valence-corrected chi connectivity index (χ4v) is 2.51. The molecule has 1 heterocycles. The molecule has 0 saturated heterocycles. The second-order valence-corrected chi connectivity index (χ2v) is 5.93. The number of benzene rings is 2. The Hall–Kier alpha value is -2.52. The van der Waals surface area contributed by atoms with Gasteiger partial charge in [-0.05, 0) is 42.3 Å². The number of rotatable bonds is 3. The van der Waals surface area contributed by atoms with Gasteiger partial charge in [-0.3, -0.25) is 0 Å². The van der Waals surface area contributed by atoms with Crippen molar-refractivity contribution in [3.63, 3.8) is 0 Å². The summed E-state index contributed by atoms with van der Waals surface area (Å²) in [5, 5.41) is 6.37. The van der Waals surface area contributed by atoms with Gasteiger partial charge >= 0.3 is 6.03 Å². The molecule has 4 heteroatoms. The van der Waals surface area contributed by atoms with Crippen LogP contribution in [-0.2, 0) is 0 Å². The van der Waals surface area contributed by atoms with Crippen molar-refractivity contribution in [2.45, 2.75) is 13.0 Å². The third kappa shape index (κ3) is 4.02. The second kappa shape index (κ2) is 6.71. The van der Waals surface area contributed by atoms with Crippen LogP contribution in [0.15, 0.2) is 66.4 Å². The highest BCUT2D eigenvalue weighted by Gasteiger charge is 2.18. The zero-order valence-corrected chi connectivity index (χ0v) is 13.5. The number of nitrogens with one attached hydrogen (secondary N) is 2. The maximum Gasteiger partial charge on any atom is 0.319 e. The van der Waals surface area contributed by atoms with Gasteiger partial charge in [0.2, 0.25) is 0 Å². The summed E-state index contributed by atoms with van der Waals surface area (Å²) >= 11 is 5.91. The van der Waals surface area contributed by atoms with Crippen molar-refractivity contribution in [2.24, 2.45) is 0 Å². The number of carbonyl (C=O) groups excluding carboxylic acids is 1. The average molecular weight is 325 g/mol. The van der Waals surface area contributed by atoms with Crippen LogP contribution in [0.5, 0.6) is 0 Å². The van der Waals surface area contributed by atoms with Gasteiger partial charge in [-0.2, -0.15) is 0 Å². The van der Waals surface area contributed by atoms with Crippen molar-refractivity contribution >= 4 is 23.7 Å². The molecule has 3 nitrogen and oxygen atoms in total. The van der Waals surface area contributed by atoms with Gasteiger partial charge in [0.15, 0.2) is 0 Å². The molecule has 2 aromatic carbocycles. The Bertz CT molecular complexity index is 761. The van der Waals surface area contributed by atoms with Gasteiger partial charge in [0.05, 0.1) is 6.04 Å². The van der Waals surface area contributed by atoms with Crippen molar-refractivity contribution in [2.75, 3.05) is 0 Å². The van der Waals surface area contributed by atoms with E-state index < -0.39 is 0 Å². The van der Waals surface area contributed by atoms with E-state index in [1.54, 1.807) is 0 Å². The molecule has 2 aromatic rings. The van der Waals surface area contributed by atoms with Crippen LogP contribution in [0.25, 0.3) is 6.08 Å². The second-order valence-electron chi connectivity index (χ2n) is 5.49. The predicted molar refractivity (Wildman–Crippen MR) is 94.2 cm³/mol. The SMILES string of the molecule is Cc1ccc(/C=C/C2=CC(c3ccc(Cl)cc3)NC(=O)N2)cc1. The van der Waals surface area contributed by atoms with Crippen molar-refractivity contribution < 1.29 is 4.79 Å². The highest BCUT2D eigenvalue weighted by molar-refractivity contribution is 6.30. The lowest BCUT2D eigenvalue weighted by Crippen LogP contribution is -2.40. The van der Waals surface area contributed by atoms with E-state index in [1.807, 2.05) is 54.6 Å². The summed E-state index contributed by atoms with van der Waals surface area (Å²) in [6.07, 6.45) is 5.87. The first-order chi connectivity index (χ1) is 11.1. The summed E-state index contributed by atoms with van der Waals surface area (Å²) in [5.41, 5.74) is 4.08. The first kappa shape index (κ1) is 15.4. The molecular formula is C19H17ClN2O. The van der Waals surface area contributed by atoms with E-state index in [-0.39, 0.29) is 12.1 Å². The zero-order valence-electron chi connectivity index (χ0n) is 12.7. The minimum absolute atomic E-state index is 0.168. The molecule has 23 heavy (non-hydrogen) atoms. The van der Waals surface area contributed by atoms with Crippen molar-refractivity contribution in [1.82, 2.24) is 10.6 Å². The number of halogens is 1. The van der Waals surface area contributed by atoms with Crippen LogP contribution in [0.3, 0.4) is 0 Å². The quantitative estimate of drug-likeness (QED) is 0.851. The molecule has 2 amide bonds. The number of allylic oxidation sites excluding steroid dienone is 1. The first-order valence-electron chi connectivity index (χ1n) is 7.40. The number of amides is 2. The Kier molecular flexibility index (Phi) is 4.49. The van der Waals surface area contributed by atoms with Crippen molar-refractivity contribution in [3.8, 4) is 0 Å². The Balaban J connectivity index is 1.81. The van der Waals surface area contributed by atoms with E-state index in [1.165, 1.54) is 5.56 Å². The lowest BCUT2D eigenvalue weighted by atomic mass is 10.0. The van der Waals surface area contributed by atoms with Crippen LogP contribution in [0.1, 0.15) is 22.7 Å². The fourth-order valence-electron chi connectivity index (χ4n) is 2.38. The van der Waals surface area contributed by atoms with Crippen molar-refractivity contribution in [3.05, 3.63) is 88.1 Å². The molecule has 116 valence electrons. The van der Waals surface area contributed by atoms with Gasteiger partial charge < -0.3 is 10.6 Å². The van der Waals surface area contributed by atoms with Crippen LogP contribution in [0, 0.1) is 6.92 Å². The van der Waals surface area contributed by atoms with Gasteiger partial charge in [0.25, 0.3) is 0 Å². The maximum atomic E-state index is 11.9. The van der Waals surface area contributed by atoms with Crippen LogP contribution in [-0.4, -0.2) is 6.03 Å². The topological polar surface area (TPSA) is 41.1 Å². The molecule has 1 aliphatic heterocycles. The van der Waals surface area contributed by atoms with Crippen LogP contribution >= 0.6 is 11.6 Å². The smallest absolute Gasteiger partial charge is 0.319 e. The number of urea groups is 1. The molecule has 0 radical (unpaired) electrons. The first-order valence-corrected chi connectivity index (χ1v) is 7.77. The van der Waals surface area contributed by atoms with Crippen LogP contribution in [0.4, 0.5) is 4.79 Å². The molecule has 3 rings (SSSR count). The van der Waals surface area contributed by atoms with Crippen LogP contribution in [0.2, 0.25) is 5.02 Å². The Morgan fingerprint density at radius 1 is 1.00 bits per heavy atom. The van der Waals surface area contributed by atoms with Crippen LogP contribution < -0.4 is 10.6 Å². The minimum atomic E-state index is -0.212. The summed E-state index contributed by atoms with van der Waals surface area (Å²) < 4.78 is 0. The van der Waals surface area contributed by atoms with Gasteiger partial charge in [0, 0.05) is 10.7 Å². The minimum Gasteiger partial charge on any atom is -0.327 e. The summed E-state index contributed by atoms with van der Waals surface area (Å²) in [5.74, 6) is 0. The normalized spacial score (nSPS) is 17.6.